The number of nitrogens with one attached hydrogen (secondary N) is 1. The minimum Gasteiger partial charge on any atom is -0.410 e. The van der Waals surface area contributed by atoms with E-state index in [-0.39, 0.29) is 11.7 Å². The monoisotopic (exact) mass is 351 g/mol. The van der Waals surface area contributed by atoms with E-state index in [0.717, 1.165) is 10.6 Å². The Morgan fingerprint density at radius 1 is 1.23 bits per heavy atom. The quantitative estimate of drug-likeness (QED) is 0.698. The summed E-state index contributed by atoms with van der Waals surface area (Å²) in [5.74, 6) is 0.472. The van der Waals surface area contributed by atoms with Gasteiger partial charge < -0.3 is 9.73 Å². The molecule has 0 fully saturated rings. The first-order chi connectivity index (χ1) is 10.7. The van der Waals surface area contributed by atoms with Crippen molar-refractivity contribution in [2.24, 2.45) is 0 Å². The molecule has 0 spiro atoms. The van der Waals surface area contributed by atoms with E-state index in [2.05, 4.69) is 15.5 Å². The van der Waals surface area contributed by atoms with Crippen LogP contribution in [0.1, 0.15) is 0 Å². The summed E-state index contributed by atoms with van der Waals surface area (Å²) in [4.78, 5) is 12.6. The number of halogens is 1. The Morgan fingerprint density at radius 3 is 2.77 bits per heavy atom. The molecule has 0 bridgehead atoms. The molecule has 0 saturated carbocycles. The fourth-order valence-corrected chi connectivity index (χ4v) is 3.17. The van der Waals surface area contributed by atoms with Gasteiger partial charge in [0.15, 0.2) is 0 Å². The number of carbonyl (C=O) groups is 1. The summed E-state index contributed by atoms with van der Waals surface area (Å²) >= 11 is 8.42. The summed E-state index contributed by atoms with van der Waals surface area (Å²) in [6.07, 6.45) is 0. The largest absolute Gasteiger partial charge is 0.410 e. The molecular formula is C14H10ClN3O2S2. The number of thiophene rings is 1. The summed E-state index contributed by atoms with van der Waals surface area (Å²) < 4.78 is 6.15. The highest BCUT2D eigenvalue weighted by atomic mass is 35.5. The Kier molecular flexibility index (Phi) is 4.77. The van der Waals surface area contributed by atoms with E-state index in [0.29, 0.717) is 15.4 Å². The number of hydrogen-bond donors (Lipinski definition) is 1. The normalized spacial score (nSPS) is 10.6. The second-order valence-electron chi connectivity index (χ2n) is 4.18. The van der Waals surface area contributed by atoms with Gasteiger partial charge in [-0.25, -0.2) is 0 Å². The van der Waals surface area contributed by atoms with Crippen LogP contribution in [-0.2, 0) is 4.79 Å². The molecular weight excluding hydrogens is 342 g/mol. The van der Waals surface area contributed by atoms with Crippen molar-refractivity contribution in [1.82, 2.24) is 10.2 Å². The van der Waals surface area contributed by atoms with E-state index in [4.69, 9.17) is 16.0 Å². The van der Waals surface area contributed by atoms with Gasteiger partial charge in [-0.1, -0.05) is 41.6 Å². The summed E-state index contributed by atoms with van der Waals surface area (Å²) in [5, 5.41) is 11.0. The first-order valence-corrected chi connectivity index (χ1v) is 8.45. The number of anilines is 1. The molecule has 0 radical (unpaired) electrons. The molecule has 1 N–H and O–H groups in total. The number of hydrogen-bond acceptors (Lipinski definition) is 6. The predicted molar refractivity (Wildman–Crippen MR) is 88.4 cm³/mol. The molecule has 5 nitrogen and oxygen atoms in total. The fraction of sp³-hybridized carbons (Fsp3) is 0.0714. The second-order valence-corrected chi connectivity index (χ2v) is 6.82. The van der Waals surface area contributed by atoms with Gasteiger partial charge in [-0.05, 0) is 24.3 Å². The van der Waals surface area contributed by atoms with Gasteiger partial charge in [0, 0.05) is 5.69 Å². The molecule has 1 amide bonds. The first-order valence-electron chi connectivity index (χ1n) is 6.27. The van der Waals surface area contributed by atoms with Gasteiger partial charge >= 0.3 is 0 Å². The highest BCUT2D eigenvalue weighted by Gasteiger charge is 2.12. The van der Waals surface area contributed by atoms with Gasteiger partial charge in [0.25, 0.3) is 11.1 Å². The second kappa shape index (κ2) is 6.95. The Morgan fingerprint density at radius 2 is 2.05 bits per heavy atom. The van der Waals surface area contributed by atoms with Crippen LogP contribution < -0.4 is 5.32 Å². The molecule has 3 aromatic rings. The van der Waals surface area contributed by atoms with Crippen molar-refractivity contribution < 1.29 is 9.21 Å². The van der Waals surface area contributed by atoms with Crippen molar-refractivity contribution in [1.29, 1.82) is 0 Å². The average Bonchev–Trinajstić information content (AvgIpc) is 3.15. The zero-order valence-electron chi connectivity index (χ0n) is 11.2. The molecule has 0 aliphatic heterocycles. The number of amides is 1. The summed E-state index contributed by atoms with van der Waals surface area (Å²) in [5.41, 5.74) is 0.757. The maximum absolute atomic E-state index is 11.8. The molecule has 112 valence electrons. The Labute approximate surface area is 139 Å². The lowest BCUT2D eigenvalue weighted by Crippen LogP contribution is -2.13. The minimum atomic E-state index is -0.130. The maximum Gasteiger partial charge on any atom is 0.277 e. The van der Waals surface area contributed by atoms with Crippen molar-refractivity contribution in [2.45, 2.75) is 5.22 Å². The van der Waals surface area contributed by atoms with Crippen LogP contribution in [0.4, 0.5) is 5.69 Å². The molecule has 2 aromatic heterocycles. The van der Waals surface area contributed by atoms with Crippen molar-refractivity contribution in [3.8, 4) is 10.8 Å². The third-order valence-electron chi connectivity index (χ3n) is 2.57. The Hall–Kier alpha value is -1.83. The van der Waals surface area contributed by atoms with Crippen LogP contribution in [0.3, 0.4) is 0 Å². The van der Waals surface area contributed by atoms with E-state index in [1.807, 2.05) is 36.4 Å². The molecule has 22 heavy (non-hydrogen) atoms. The molecule has 3 rings (SSSR count). The lowest BCUT2D eigenvalue weighted by molar-refractivity contribution is -0.113. The van der Waals surface area contributed by atoms with Crippen LogP contribution in [0, 0.1) is 0 Å². The number of thioether (sulfide) groups is 1. The summed E-state index contributed by atoms with van der Waals surface area (Å²) in [7, 11) is 0. The average molecular weight is 352 g/mol. The molecule has 0 unspecified atom stereocenters. The van der Waals surface area contributed by atoms with Crippen molar-refractivity contribution >= 4 is 46.3 Å². The van der Waals surface area contributed by atoms with Crippen molar-refractivity contribution in [2.75, 3.05) is 11.1 Å². The SMILES string of the molecule is O=C(CSc1nnc(-c2ccc(Cl)s2)o1)Nc1ccccc1. The van der Waals surface area contributed by atoms with E-state index in [9.17, 15) is 4.79 Å². The molecule has 0 atom stereocenters. The fourth-order valence-electron chi connectivity index (χ4n) is 1.64. The standard InChI is InChI=1S/C14H10ClN3O2S2/c15-11-7-6-10(22-11)13-17-18-14(20-13)21-8-12(19)16-9-4-2-1-3-5-9/h1-7H,8H2,(H,16,19). The smallest absolute Gasteiger partial charge is 0.277 e. The zero-order chi connectivity index (χ0) is 15.4. The molecule has 8 heteroatoms. The van der Waals surface area contributed by atoms with Crippen molar-refractivity contribution in [3.05, 3.63) is 46.8 Å². The van der Waals surface area contributed by atoms with Crippen molar-refractivity contribution in [3.63, 3.8) is 0 Å². The van der Waals surface area contributed by atoms with Gasteiger partial charge in [0.05, 0.1) is 15.0 Å². The van der Waals surface area contributed by atoms with E-state index >= 15 is 0 Å². The number of nitrogens with zero attached hydrogens (tertiary/aromatic N) is 2. The third-order valence-corrected chi connectivity index (χ3v) is 4.61. The number of para-hydroxylation sites is 1. The molecule has 0 saturated heterocycles. The predicted octanol–water partition coefficient (Wildman–Crippen LogP) is 4.18. The molecule has 1 aromatic carbocycles. The van der Waals surface area contributed by atoms with Gasteiger partial charge in [-0.15, -0.1) is 21.5 Å². The van der Waals surface area contributed by atoms with Gasteiger partial charge in [-0.3, -0.25) is 4.79 Å². The van der Waals surface area contributed by atoms with Gasteiger partial charge in [-0.2, -0.15) is 0 Å². The molecule has 2 heterocycles. The lowest BCUT2D eigenvalue weighted by Gasteiger charge is -2.02. The van der Waals surface area contributed by atoms with Crippen LogP contribution in [0.5, 0.6) is 0 Å². The van der Waals surface area contributed by atoms with Gasteiger partial charge in [0.2, 0.25) is 5.91 Å². The van der Waals surface area contributed by atoms with Crippen LogP contribution >= 0.6 is 34.7 Å². The Balaban J connectivity index is 1.56. The summed E-state index contributed by atoms with van der Waals surface area (Å²) in [6, 6.07) is 12.9. The highest BCUT2D eigenvalue weighted by Crippen LogP contribution is 2.31. The number of benzene rings is 1. The number of rotatable bonds is 5. The summed E-state index contributed by atoms with van der Waals surface area (Å²) in [6.45, 7) is 0. The molecule has 0 aliphatic carbocycles. The van der Waals surface area contributed by atoms with E-state index < -0.39 is 0 Å². The van der Waals surface area contributed by atoms with Gasteiger partial charge in [0.1, 0.15) is 0 Å². The van der Waals surface area contributed by atoms with Crippen LogP contribution in [0.25, 0.3) is 10.8 Å². The van der Waals surface area contributed by atoms with Crippen LogP contribution in [0.15, 0.2) is 52.1 Å². The van der Waals surface area contributed by atoms with E-state index in [1.54, 1.807) is 6.07 Å². The zero-order valence-corrected chi connectivity index (χ0v) is 13.5. The third kappa shape index (κ3) is 3.88. The van der Waals surface area contributed by atoms with Crippen LogP contribution in [0.2, 0.25) is 4.34 Å². The minimum absolute atomic E-state index is 0.130. The van der Waals surface area contributed by atoms with Crippen LogP contribution in [-0.4, -0.2) is 21.9 Å². The topological polar surface area (TPSA) is 68.0 Å². The Bertz CT molecular complexity index is 773. The highest BCUT2D eigenvalue weighted by molar-refractivity contribution is 7.99. The van der Waals surface area contributed by atoms with E-state index in [1.165, 1.54) is 23.1 Å². The maximum atomic E-state index is 11.8. The first kappa shape index (κ1) is 15.1. The number of aromatic nitrogens is 2. The number of carbonyl (C=O) groups excluding carboxylic acids is 1. The molecule has 0 aliphatic rings. The lowest BCUT2D eigenvalue weighted by atomic mass is 10.3.